The Morgan fingerprint density at radius 3 is 2.65 bits per heavy atom. The van der Waals surface area contributed by atoms with Crippen LogP contribution in [0.1, 0.15) is 30.7 Å². The fourth-order valence-electron chi connectivity index (χ4n) is 4.06. The fourth-order valence-corrected chi connectivity index (χ4v) is 4.06. The van der Waals surface area contributed by atoms with Crippen molar-refractivity contribution >= 4 is 28.3 Å². The zero-order valence-electron chi connectivity index (χ0n) is 20.1. The molecule has 6 nitrogen and oxygen atoms in total. The van der Waals surface area contributed by atoms with Crippen LogP contribution in [0.3, 0.4) is 0 Å². The van der Waals surface area contributed by atoms with E-state index in [0.717, 1.165) is 50.2 Å². The lowest BCUT2D eigenvalue weighted by Crippen LogP contribution is -2.10. The van der Waals surface area contributed by atoms with Crippen LogP contribution < -0.4 is 14.8 Å². The average molecular weight is 457 g/mol. The van der Waals surface area contributed by atoms with Crippen LogP contribution in [0.5, 0.6) is 11.5 Å². The normalized spacial score (nSPS) is 11.5. The molecular formula is C28H28N2O4. The van der Waals surface area contributed by atoms with Gasteiger partial charge in [-0.1, -0.05) is 24.3 Å². The van der Waals surface area contributed by atoms with E-state index in [1.54, 1.807) is 25.5 Å². The zero-order valence-corrected chi connectivity index (χ0v) is 20.1. The van der Waals surface area contributed by atoms with Gasteiger partial charge in [-0.2, -0.15) is 0 Å². The summed E-state index contributed by atoms with van der Waals surface area (Å²) in [6.45, 7) is 8.18. The van der Waals surface area contributed by atoms with Crippen LogP contribution in [0.25, 0.3) is 27.7 Å². The van der Waals surface area contributed by atoms with Gasteiger partial charge in [-0.3, -0.25) is 4.79 Å². The Labute approximate surface area is 199 Å². The summed E-state index contributed by atoms with van der Waals surface area (Å²) in [5, 5.41) is 3.76. The van der Waals surface area contributed by atoms with Crippen molar-refractivity contribution in [1.29, 1.82) is 0 Å². The standard InChI is InChI=1S/C28H28N2O4/c1-6-33-27-19(4)28-22(23(16-34-28)20-11-7-8-12-24(20)32-5)15-21(27)17(2)14-26(31)30-25-13-9-10-18(3)29-25/h7-16H,6H2,1-5H3,(H,29,30,31)/b17-14+. The highest BCUT2D eigenvalue weighted by molar-refractivity contribution is 6.05. The number of para-hydroxylation sites is 1. The van der Waals surface area contributed by atoms with Crippen LogP contribution in [0.2, 0.25) is 0 Å². The van der Waals surface area contributed by atoms with E-state index in [4.69, 9.17) is 13.9 Å². The Bertz CT molecular complexity index is 1380. The van der Waals surface area contributed by atoms with Crippen LogP contribution in [-0.4, -0.2) is 24.6 Å². The maximum Gasteiger partial charge on any atom is 0.249 e. The van der Waals surface area contributed by atoms with Crippen LogP contribution in [0.4, 0.5) is 5.82 Å². The molecule has 6 heteroatoms. The molecule has 0 aliphatic carbocycles. The lowest BCUT2D eigenvalue weighted by Gasteiger charge is -2.15. The Hall–Kier alpha value is -4.06. The predicted molar refractivity (Wildman–Crippen MR) is 135 cm³/mol. The number of benzene rings is 2. The van der Waals surface area contributed by atoms with E-state index in [9.17, 15) is 4.79 Å². The van der Waals surface area contributed by atoms with Gasteiger partial charge in [-0.25, -0.2) is 4.98 Å². The maximum absolute atomic E-state index is 12.7. The molecule has 4 aromatic rings. The number of rotatable bonds is 7. The molecule has 0 spiro atoms. The molecule has 0 fully saturated rings. The molecule has 34 heavy (non-hydrogen) atoms. The van der Waals surface area contributed by atoms with E-state index in [2.05, 4.69) is 10.3 Å². The Morgan fingerprint density at radius 2 is 1.91 bits per heavy atom. The minimum Gasteiger partial charge on any atom is -0.496 e. The lowest BCUT2D eigenvalue weighted by molar-refractivity contribution is -0.111. The molecule has 0 aliphatic rings. The fraction of sp³-hybridized carbons (Fsp3) is 0.214. The molecule has 0 saturated heterocycles. The molecule has 0 atom stereocenters. The number of fused-ring (bicyclic) bond motifs is 1. The number of furan rings is 1. The highest BCUT2D eigenvalue weighted by Crippen LogP contribution is 2.42. The quantitative estimate of drug-likeness (QED) is 0.319. The first-order valence-corrected chi connectivity index (χ1v) is 11.2. The number of anilines is 1. The second-order valence-corrected chi connectivity index (χ2v) is 8.02. The topological polar surface area (TPSA) is 73.6 Å². The Morgan fingerprint density at radius 1 is 1.12 bits per heavy atom. The first-order chi connectivity index (χ1) is 16.4. The molecule has 0 radical (unpaired) electrons. The smallest absolute Gasteiger partial charge is 0.249 e. The second-order valence-electron chi connectivity index (χ2n) is 8.02. The van der Waals surface area contributed by atoms with E-state index >= 15 is 0 Å². The molecule has 174 valence electrons. The third-order valence-electron chi connectivity index (χ3n) is 5.64. The van der Waals surface area contributed by atoms with E-state index < -0.39 is 0 Å². The van der Waals surface area contributed by atoms with Gasteiger partial charge in [0.15, 0.2) is 0 Å². The number of hydrogen-bond donors (Lipinski definition) is 1. The SMILES string of the molecule is CCOc1c(/C(C)=C/C(=O)Nc2cccc(C)n2)cc2c(-c3ccccc3OC)coc2c1C. The van der Waals surface area contributed by atoms with Crippen molar-refractivity contribution in [3.63, 3.8) is 0 Å². The number of pyridine rings is 1. The molecule has 2 heterocycles. The molecule has 2 aromatic carbocycles. The van der Waals surface area contributed by atoms with Crippen molar-refractivity contribution < 1.29 is 18.7 Å². The first-order valence-electron chi connectivity index (χ1n) is 11.2. The lowest BCUT2D eigenvalue weighted by atomic mass is 9.96. The van der Waals surface area contributed by atoms with Gasteiger partial charge in [0.1, 0.15) is 22.9 Å². The molecule has 4 rings (SSSR count). The summed E-state index contributed by atoms with van der Waals surface area (Å²) in [5.41, 5.74) is 5.91. The number of aryl methyl sites for hydroxylation is 2. The zero-order chi connectivity index (χ0) is 24.2. The monoisotopic (exact) mass is 456 g/mol. The largest absolute Gasteiger partial charge is 0.496 e. The molecular weight excluding hydrogens is 428 g/mol. The molecule has 0 aliphatic heterocycles. The second kappa shape index (κ2) is 9.83. The van der Waals surface area contributed by atoms with Crippen LogP contribution in [0.15, 0.2) is 65.3 Å². The number of nitrogens with zero attached hydrogens (tertiary/aromatic N) is 1. The number of nitrogens with one attached hydrogen (secondary N) is 1. The van der Waals surface area contributed by atoms with Crippen molar-refractivity contribution in [2.24, 2.45) is 0 Å². The van der Waals surface area contributed by atoms with Gasteiger partial charge >= 0.3 is 0 Å². The average Bonchev–Trinajstić information content (AvgIpc) is 3.24. The van der Waals surface area contributed by atoms with Gasteiger partial charge in [-0.15, -0.1) is 0 Å². The molecule has 1 amide bonds. The summed E-state index contributed by atoms with van der Waals surface area (Å²) in [6, 6.07) is 15.3. The summed E-state index contributed by atoms with van der Waals surface area (Å²) in [5.74, 6) is 1.72. The van der Waals surface area contributed by atoms with Crippen molar-refractivity contribution in [2.45, 2.75) is 27.7 Å². The number of carbonyl (C=O) groups is 1. The number of ether oxygens (including phenoxy) is 2. The van der Waals surface area contributed by atoms with Crippen molar-refractivity contribution in [3.05, 3.63) is 77.7 Å². The first kappa shape index (κ1) is 23.1. The maximum atomic E-state index is 12.7. The van der Waals surface area contributed by atoms with E-state index in [-0.39, 0.29) is 5.91 Å². The van der Waals surface area contributed by atoms with Gasteiger partial charge in [0.2, 0.25) is 5.91 Å². The molecule has 0 saturated carbocycles. The highest BCUT2D eigenvalue weighted by Gasteiger charge is 2.20. The number of amides is 1. The van der Waals surface area contributed by atoms with E-state index in [1.807, 2.05) is 70.2 Å². The Kier molecular flexibility index (Phi) is 6.68. The van der Waals surface area contributed by atoms with E-state index in [1.165, 1.54) is 0 Å². The number of aromatic nitrogens is 1. The number of methoxy groups -OCH3 is 1. The van der Waals surface area contributed by atoms with Crippen molar-refractivity contribution in [2.75, 3.05) is 19.0 Å². The molecule has 0 unspecified atom stereocenters. The highest BCUT2D eigenvalue weighted by atomic mass is 16.5. The number of hydrogen-bond acceptors (Lipinski definition) is 5. The van der Waals surface area contributed by atoms with Crippen molar-refractivity contribution in [1.82, 2.24) is 4.98 Å². The van der Waals surface area contributed by atoms with Crippen LogP contribution in [-0.2, 0) is 4.79 Å². The molecule has 1 N–H and O–H groups in total. The predicted octanol–water partition coefficient (Wildman–Crippen LogP) is 6.56. The van der Waals surface area contributed by atoms with Crippen molar-refractivity contribution in [3.8, 4) is 22.6 Å². The number of allylic oxidation sites excluding steroid dienone is 1. The van der Waals surface area contributed by atoms with Gasteiger partial charge in [0.25, 0.3) is 0 Å². The molecule has 0 bridgehead atoms. The number of carbonyl (C=O) groups excluding carboxylic acids is 1. The minimum atomic E-state index is -0.257. The third-order valence-corrected chi connectivity index (χ3v) is 5.64. The van der Waals surface area contributed by atoms with Gasteiger partial charge in [0, 0.05) is 39.4 Å². The summed E-state index contributed by atoms with van der Waals surface area (Å²) in [4.78, 5) is 17.1. The van der Waals surface area contributed by atoms with Gasteiger partial charge in [0.05, 0.1) is 20.0 Å². The third kappa shape index (κ3) is 4.53. The summed E-state index contributed by atoms with van der Waals surface area (Å²) in [7, 11) is 1.65. The summed E-state index contributed by atoms with van der Waals surface area (Å²) in [6.07, 6.45) is 3.31. The summed E-state index contributed by atoms with van der Waals surface area (Å²) >= 11 is 0. The minimum absolute atomic E-state index is 0.257. The van der Waals surface area contributed by atoms with Gasteiger partial charge < -0.3 is 19.2 Å². The van der Waals surface area contributed by atoms with E-state index in [0.29, 0.717) is 18.2 Å². The van der Waals surface area contributed by atoms with Crippen LogP contribution in [0, 0.1) is 13.8 Å². The van der Waals surface area contributed by atoms with Gasteiger partial charge in [-0.05, 0) is 57.5 Å². The van der Waals surface area contributed by atoms with Crippen LogP contribution >= 0.6 is 0 Å². The molecule has 2 aromatic heterocycles. The Balaban J connectivity index is 1.81. The summed E-state index contributed by atoms with van der Waals surface area (Å²) < 4.78 is 17.6.